The van der Waals surface area contributed by atoms with Crippen molar-refractivity contribution in [3.63, 3.8) is 0 Å². The van der Waals surface area contributed by atoms with E-state index in [0.717, 1.165) is 17.0 Å². The molecular weight excluding hydrogens is 338 g/mol. The molecule has 9 heteroatoms. The second kappa shape index (κ2) is 6.83. The molecule has 1 aromatic carbocycles. The smallest absolute Gasteiger partial charge is 0.414 e. The van der Waals surface area contributed by atoms with Gasteiger partial charge in [0.2, 0.25) is 0 Å². The minimum Gasteiger partial charge on any atom is -0.465 e. The quantitative estimate of drug-likeness (QED) is 0.866. The minimum atomic E-state index is -1.04. The Balaban J connectivity index is 1.80. The fraction of sp³-hybridized carbons (Fsp3) is 0.500. The van der Waals surface area contributed by atoms with E-state index in [1.54, 1.807) is 0 Å². The number of cyclic esters (lactones) is 1. The molecule has 25 heavy (non-hydrogen) atoms. The Labute approximate surface area is 142 Å². The van der Waals surface area contributed by atoms with Crippen LogP contribution in [-0.4, -0.2) is 59.6 Å². The number of piperidine rings is 1. The van der Waals surface area contributed by atoms with Crippen LogP contribution in [0.5, 0.6) is 0 Å². The molecule has 1 atom stereocenters. The number of likely N-dealkylation sites (tertiary alicyclic amines) is 1. The van der Waals surface area contributed by atoms with Gasteiger partial charge in [-0.25, -0.2) is 18.4 Å². The van der Waals surface area contributed by atoms with E-state index in [4.69, 9.17) is 14.9 Å². The van der Waals surface area contributed by atoms with Gasteiger partial charge in [0, 0.05) is 18.7 Å². The third-order valence-corrected chi connectivity index (χ3v) is 4.63. The first-order chi connectivity index (χ1) is 11.9. The standard InChI is InChI=1S/C16H18F2N2O5/c17-12-5-10(20-7-11(8-21)25-16(20)24)6-13(18)14(12)9-1-3-19(4-2-9)15(22)23/h5-6,9,11,21H,1-4,7-8H2,(H,22,23). The van der Waals surface area contributed by atoms with Crippen LogP contribution in [0, 0.1) is 11.6 Å². The topological polar surface area (TPSA) is 90.3 Å². The summed E-state index contributed by atoms with van der Waals surface area (Å²) in [7, 11) is 0. The number of hydrogen-bond acceptors (Lipinski definition) is 4. The van der Waals surface area contributed by atoms with E-state index in [1.165, 1.54) is 4.90 Å². The average Bonchev–Trinajstić information content (AvgIpc) is 2.95. The van der Waals surface area contributed by atoms with Gasteiger partial charge >= 0.3 is 12.2 Å². The monoisotopic (exact) mass is 356 g/mol. The van der Waals surface area contributed by atoms with Gasteiger partial charge in [-0.2, -0.15) is 0 Å². The van der Waals surface area contributed by atoms with Gasteiger partial charge in [-0.05, 0) is 30.9 Å². The zero-order valence-electron chi connectivity index (χ0n) is 13.3. The first kappa shape index (κ1) is 17.4. The number of carbonyl (C=O) groups excluding carboxylic acids is 1. The number of carboxylic acid groups (broad SMARTS) is 1. The molecule has 0 aromatic heterocycles. The van der Waals surface area contributed by atoms with Crippen LogP contribution in [0.15, 0.2) is 12.1 Å². The van der Waals surface area contributed by atoms with Crippen LogP contribution in [-0.2, 0) is 4.74 Å². The number of amides is 2. The number of ether oxygens (including phenoxy) is 1. The van der Waals surface area contributed by atoms with Crippen molar-refractivity contribution in [1.29, 1.82) is 0 Å². The number of nitrogens with zero attached hydrogens (tertiary/aromatic N) is 2. The second-order valence-electron chi connectivity index (χ2n) is 6.17. The number of aliphatic hydroxyl groups excluding tert-OH is 1. The molecule has 1 aromatic rings. The summed E-state index contributed by atoms with van der Waals surface area (Å²) in [6.07, 6.45) is -1.87. The molecule has 2 N–H and O–H groups in total. The number of rotatable bonds is 3. The highest BCUT2D eigenvalue weighted by Gasteiger charge is 2.34. The van der Waals surface area contributed by atoms with Crippen LogP contribution in [0.4, 0.5) is 24.1 Å². The van der Waals surface area contributed by atoms with Crippen molar-refractivity contribution in [1.82, 2.24) is 4.90 Å². The van der Waals surface area contributed by atoms with Crippen molar-refractivity contribution < 1.29 is 33.3 Å². The van der Waals surface area contributed by atoms with Gasteiger partial charge in [0.1, 0.15) is 17.7 Å². The Morgan fingerprint density at radius 1 is 1.24 bits per heavy atom. The van der Waals surface area contributed by atoms with E-state index >= 15 is 0 Å². The number of aliphatic hydroxyl groups is 1. The summed E-state index contributed by atoms with van der Waals surface area (Å²) in [5.41, 5.74) is -0.0530. The molecule has 7 nitrogen and oxygen atoms in total. The molecule has 0 aliphatic carbocycles. The molecule has 0 radical (unpaired) electrons. The summed E-state index contributed by atoms with van der Waals surface area (Å²) in [4.78, 5) is 24.9. The molecule has 0 spiro atoms. The maximum atomic E-state index is 14.5. The van der Waals surface area contributed by atoms with Crippen LogP contribution >= 0.6 is 0 Å². The summed E-state index contributed by atoms with van der Waals surface area (Å²) in [6, 6.07) is 2.14. The largest absolute Gasteiger partial charge is 0.465 e. The van der Waals surface area contributed by atoms with Crippen molar-refractivity contribution in [3.8, 4) is 0 Å². The van der Waals surface area contributed by atoms with Gasteiger partial charge in [0.15, 0.2) is 0 Å². The molecule has 2 saturated heterocycles. The summed E-state index contributed by atoms with van der Waals surface area (Å²) in [6.45, 7) is 0.0898. The van der Waals surface area contributed by atoms with Crippen LogP contribution < -0.4 is 4.90 Å². The van der Waals surface area contributed by atoms with Crippen molar-refractivity contribution in [3.05, 3.63) is 29.3 Å². The highest BCUT2D eigenvalue weighted by atomic mass is 19.1. The first-order valence-corrected chi connectivity index (χ1v) is 7.96. The molecule has 2 aliphatic heterocycles. The van der Waals surface area contributed by atoms with Gasteiger partial charge in [-0.1, -0.05) is 0 Å². The minimum absolute atomic E-state index is 0.0184. The van der Waals surface area contributed by atoms with E-state index < -0.39 is 35.8 Å². The van der Waals surface area contributed by atoms with E-state index in [1.807, 2.05) is 0 Å². The molecule has 0 bridgehead atoms. The van der Waals surface area contributed by atoms with E-state index in [2.05, 4.69) is 0 Å². The van der Waals surface area contributed by atoms with Crippen LogP contribution in [0.1, 0.15) is 24.3 Å². The molecule has 2 aliphatic rings. The predicted molar refractivity (Wildman–Crippen MR) is 82.6 cm³/mol. The SMILES string of the molecule is O=C(O)N1CCC(c2c(F)cc(N3CC(CO)OC3=O)cc2F)CC1. The Hall–Kier alpha value is -2.42. The molecule has 0 saturated carbocycles. The lowest BCUT2D eigenvalue weighted by molar-refractivity contribution is 0.0963. The van der Waals surface area contributed by atoms with Crippen molar-refractivity contribution in [2.45, 2.75) is 24.9 Å². The normalized spacial score (nSPS) is 21.6. The van der Waals surface area contributed by atoms with Crippen molar-refractivity contribution in [2.75, 3.05) is 31.1 Å². The summed E-state index contributed by atoms with van der Waals surface area (Å²) in [5, 5.41) is 18.0. The van der Waals surface area contributed by atoms with E-state index in [0.29, 0.717) is 12.8 Å². The third-order valence-electron chi connectivity index (χ3n) is 4.63. The maximum absolute atomic E-state index is 14.5. The van der Waals surface area contributed by atoms with Crippen LogP contribution in [0.25, 0.3) is 0 Å². The zero-order chi connectivity index (χ0) is 18.1. The van der Waals surface area contributed by atoms with Gasteiger partial charge in [-0.3, -0.25) is 4.90 Å². The fourth-order valence-corrected chi connectivity index (χ4v) is 3.30. The van der Waals surface area contributed by atoms with Crippen molar-refractivity contribution in [2.24, 2.45) is 0 Å². The summed E-state index contributed by atoms with van der Waals surface area (Å²) >= 11 is 0. The molecule has 2 amide bonds. The zero-order valence-corrected chi connectivity index (χ0v) is 13.3. The Morgan fingerprint density at radius 3 is 2.32 bits per heavy atom. The summed E-state index contributed by atoms with van der Waals surface area (Å²) < 4.78 is 33.9. The van der Waals surface area contributed by atoms with E-state index in [-0.39, 0.29) is 37.5 Å². The number of carbonyl (C=O) groups is 2. The second-order valence-corrected chi connectivity index (χ2v) is 6.17. The fourth-order valence-electron chi connectivity index (χ4n) is 3.30. The maximum Gasteiger partial charge on any atom is 0.414 e. The first-order valence-electron chi connectivity index (χ1n) is 7.96. The Kier molecular flexibility index (Phi) is 4.76. The van der Waals surface area contributed by atoms with Crippen LogP contribution in [0.3, 0.4) is 0 Å². The Morgan fingerprint density at radius 2 is 1.84 bits per heavy atom. The molecular formula is C16H18F2N2O5. The highest BCUT2D eigenvalue weighted by molar-refractivity contribution is 5.89. The molecule has 3 rings (SSSR count). The Bertz CT molecular complexity index is 668. The van der Waals surface area contributed by atoms with E-state index in [9.17, 15) is 18.4 Å². The van der Waals surface area contributed by atoms with Gasteiger partial charge < -0.3 is 19.8 Å². The average molecular weight is 356 g/mol. The van der Waals surface area contributed by atoms with Crippen LogP contribution in [0.2, 0.25) is 0 Å². The van der Waals surface area contributed by atoms with Gasteiger partial charge in [-0.15, -0.1) is 0 Å². The highest BCUT2D eigenvalue weighted by Crippen LogP contribution is 2.35. The lowest BCUT2D eigenvalue weighted by atomic mass is 9.88. The lowest BCUT2D eigenvalue weighted by Gasteiger charge is -2.30. The number of anilines is 1. The molecule has 2 fully saturated rings. The van der Waals surface area contributed by atoms with Gasteiger partial charge in [0.25, 0.3) is 0 Å². The van der Waals surface area contributed by atoms with Gasteiger partial charge in [0.05, 0.1) is 18.8 Å². The third kappa shape index (κ3) is 3.37. The number of hydrogen-bond donors (Lipinski definition) is 2. The molecule has 136 valence electrons. The molecule has 1 unspecified atom stereocenters. The predicted octanol–water partition coefficient (Wildman–Crippen LogP) is 2.14. The number of benzene rings is 1. The lowest BCUT2D eigenvalue weighted by Crippen LogP contribution is -2.37. The van der Waals surface area contributed by atoms with Crippen molar-refractivity contribution >= 4 is 17.9 Å². The summed E-state index contributed by atoms with van der Waals surface area (Å²) in [5.74, 6) is -1.96. The molecule has 2 heterocycles. The number of halogens is 2.